The molecule has 0 aliphatic carbocycles. The van der Waals surface area contributed by atoms with Gasteiger partial charge in [-0.05, 0) is 0 Å². The molecule has 0 atom stereocenters. The van der Waals surface area contributed by atoms with Crippen molar-refractivity contribution < 1.29 is 0 Å². The first-order chi connectivity index (χ1) is 8.20. The third kappa shape index (κ3) is 13.6. The Morgan fingerprint density at radius 3 is 1.71 bits per heavy atom. The van der Waals surface area contributed by atoms with Crippen LogP contribution in [0.15, 0.2) is 0 Å². The summed E-state index contributed by atoms with van der Waals surface area (Å²) in [6.45, 7) is 6.39. The molecular weight excluding hydrogens is 484 g/mol. The van der Waals surface area contributed by atoms with Crippen molar-refractivity contribution in [2.24, 2.45) is 0 Å². The molecule has 0 amide bonds. The Bertz CT molecular complexity index is 204. The first kappa shape index (κ1) is 18.4. The van der Waals surface area contributed by atoms with Crippen LogP contribution in [0.3, 0.4) is 0 Å². The van der Waals surface area contributed by atoms with Crippen molar-refractivity contribution in [1.29, 1.82) is 0 Å². The molecule has 0 aliphatic rings. The van der Waals surface area contributed by atoms with Crippen molar-refractivity contribution in [3.05, 3.63) is 0 Å². The molecule has 0 heterocycles. The number of rotatable bonds is 8. The van der Waals surface area contributed by atoms with Crippen molar-refractivity contribution in [3.8, 4) is 0 Å². The molecular formula is C10H20N2PbS4. The Kier molecular flexibility index (Phi) is 15.0. The molecule has 0 unspecified atom stereocenters. The van der Waals surface area contributed by atoms with Crippen LogP contribution in [0.25, 0.3) is 0 Å². The van der Waals surface area contributed by atoms with Gasteiger partial charge in [-0.2, -0.15) is 0 Å². The standard InChI is InChI=1S/2C5H11NS2.Pb/c2*1-2-3-4-6-5(7)8;/h2*2-4H2,1H3,(H2,6,7,8);/q;;+2/p-2. The molecule has 0 aromatic heterocycles. The fourth-order valence-electron chi connectivity index (χ4n) is 0.903. The van der Waals surface area contributed by atoms with Crippen LogP contribution >= 0.6 is 41.1 Å². The second-order valence-corrected chi connectivity index (χ2v) is 17.2. The van der Waals surface area contributed by atoms with Crippen LogP contribution in [0, 0.1) is 0 Å². The first-order valence-corrected chi connectivity index (χ1v) is 17.8. The van der Waals surface area contributed by atoms with Gasteiger partial charge in [-0.1, -0.05) is 0 Å². The zero-order valence-corrected chi connectivity index (χ0v) is 17.5. The fraction of sp³-hybridized carbons (Fsp3) is 0.800. The van der Waals surface area contributed by atoms with Crippen LogP contribution in [0.5, 0.6) is 0 Å². The van der Waals surface area contributed by atoms with Gasteiger partial charge in [0.1, 0.15) is 0 Å². The molecule has 0 rings (SSSR count). The number of hydrogen-bond acceptors (Lipinski definition) is 4. The first-order valence-electron chi connectivity index (χ1n) is 5.85. The van der Waals surface area contributed by atoms with E-state index in [0.29, 0.717) is 0 Å². The van der Waals surface area contributed by atoms with Gasteiger partial charge in [-0.3, -0.25) is 0 Å². The van der Waals surface area contributed by atoms with Crippen molar-refractivity contribution in [2.75, 3.05) is 13.1 Å². The van der Waals surface area contributed by atoms with Crippen molar-refractivity contribution >= 4 is 70.9 Å². The van der Waals surface area contributed by atoms with Crippen LogP contribution in [0.4, 0.5) is 0 Å². The second kappa shape index (κ2) is 13.8. The van der Waals surface area contributed by atoms with Crippen LogP contribution in [0.1, 0.15) is 39.5 Å². The van der Waals surface area contributed by atoms with E-state index in [0.717, 1.165) is 21.7 Å². The van der Waals surface area contributed by atoms with E-state index >= 15 is 0 Å². The van der Waals surface area contributed by atoms with Crippen LogP contribution in [0.2, 0.25) is 0 Å². The Hall–Kier alpha value is 1.40. The maximum atomic E-state index is 5.25. The molecule has 0 bridgehead atoms. The van der Waals surface area contributed by atoms with Gasteiger partial charge >= 0.3 is 134 Å². The molecule has 2 radical (unpaired) electrons. The normalized spacial score (nSPS) is 10.0. The summed E-state index contributed by atoms with van der Waals surface area (Å²) in [6, 6.07) is 0. The zero-order chi connectivity index (χ0) is 12.9. The molecule has 7 heteroatoms. The summed E-state index contributed by atoms with van der Waals surface area (Å²) in [5, 5.41) is 6.55. The minimum absolute atomic E-state index is 0.811. The van der Waals surface area contributed by atoms with E-state index in [1.54, 1.807) is 0 Å². The average molecular weight is 504 g/mol. The van der Waals surface area contributed by atoms with Crippen LogP contribution in [-0.2, 0) is 0 Å². The number of unbranched alkanes of at least 4 members (excludes halogenated alkanes) is 2. The Balaban J connectivity index is 3.36. The quantitative estimate of drug-likeness (QED) is 0.299. The zero-order valence-electron chi connectivity index (χ0n) is 10.4. The number of nitrogens with one attached hydrogen (secondary N) is 2. The Morgan fingerprint density at radius 1 is 0.941 bits per heavy atom. The van der Waals surface area contributed by atoms with Crippen molar-refractivity contribution in [3.63, 3.8) is 0 Å². The van der Waals surface area contributed by atoms with Gasteiger partial charge in [0.2, 0.25) is 0 Å². The molecule has 98 valence electrons. The molecule has 0 aliphatic heterocycles. The van der Waals surface area contributed by atoms with Crippen molar-refractivity contribution in [2.45, 2.75) is 39.5 Å². The van der Waals surface area contributed by atoms with E-state index in [1.165, 1.54) is 25.7 Å². The van der Waals surface area contributed by atoms with Gasteiger partial charge < -0.3 is 0 Å². The van der Waals surface area contributed by atoms with Gasteiger partial charge in [-0.25, -0.2) is 0 Å². The minimum atomic E-state index is -0.811. The van der Waals surface area contributed by atoms with Crippen LogP contribution < -0.4 is 10.6 Å². The Labute approximate surface area is 133 Å². The Morgan fingerprint density at radius 2 is 1.35 bits per heavy atom. The van der Waals surface area contributed by atoms with Crippen molar-refractivity contribution in [1.82, 2.24) is 10.6 Å². The van der Waals surface area contributed by atoms with Gasteiger partial charge in [0.05, 0.1) is 0 Å². The second-order valence-electron chi connectivity index (χ2n) is 3.42. The predicted molar refractivity (Wildman–Crippen MR) is 92.0 cm³/mol. The topological polar surface area (TPSA) is 24.1 Å². The maximum absolute atomic E-state index is 5.25. The van der Waals surface area contributed by atoms with Crippen LogP contribution in [-0.4, -0.2) is 43.0 Å². The number of thiocarbonyl (C=S) groups is 2. The molecule has 0 aromatic rings. The molecule has 0 spiro atoms. The van der Waals surface area contributed by atoms with E-state index in [2.05, 4.69) is 24.5 Å². The molecule has 0 saturated carbocycles. The van der Waals surface area contributed by atoms with Gasteiger partial charge in [0, 0.05) is 0 Å². The molecule has 17 heavy (non-hydrogen) atoms. The molecule has 2 N–H and O–H groups in total. The summed E-state index contributed by atoms with van der Waals surface area (Å²) < 4.78 is 1.93. The van der Waals surface area contributed by atoms with E-state index in [4.69, 9.17) is 24.4 Å². The van der Waals surface area contributed by atoms with E-state index in [9.17, 15) is 0 Å². The summed E-state index contributed by atoms with van der Waals surface area (Å²) in [4.78, 5) is 0. The predicted octanol–water partition coefficient (Wildman–Crippen LogP) is 3.34. The molecule has 0 fully saturated rings. The fourth-order valence-corrected chi connectivity index (χ4v) is 16.0. The summed E-state index contributed by atoms with van der Waals surface area (Å²) in [7, 11) is 3.69. The SMILES string of the molecule is CCCCNC(=S)[S][Pb][S]C(=S)NCCCC. The van der Waals surface area contributed by atoms with Gasteiger partial charge in [-0.15, -0.1) is 0 Å². The third-order valence-corrected chi connectivity index (χ3v) is 18.0. The molecule has 2 nitrogen and oxygen atoms in total. The monoisotopic (exact) mass is 504 g/mol. The summed E-state index contributed by atoms with van der Waals surface area (Å²) in [5.74, 6) is 0. The summed E-state index contributed by atoms with van der Waals surface area (Å²) in [5.41, 5.74) is 0. The van der Waals surface area contributed by atoms with E-state index in [-0.39, 0.29) is 0 Å². The van der Waals surface area contributed by atoms with Gasteiger partial charge in [0.15, 0.2) is 0 Å². The third-order valence-electron chi connectivity index (χ3n) is 1.87. The number of hydrogen-bond donors (Lipinski definition) is 2. The van der Waals surface area contributed by atoms with Gasteiger partial charge in [0.25, 0.3) is 0 Å². The van der Waals surface area contributed by atoms with E-state index < -0.39 is 21.2 Å². The summed E-state index contributed by atoms with van der Waals surface area (Å²) >= 11 is 9.69. The molecule has 0 saturated heterocycles. The average Bonchev–Trinajstić information content (AvgIpc) is 2.30. The molecule has 0 aromatic carbocycles. The summed E-state index contributed by atoms with van der Waals surface area (Å²) in [6.07, 6.45) is 4.81. The van der Waals surface area contributed by atoms with E-state index in [1.807, 2.05) is 16.6 Å².